The van der Waals surface area contributed by atoms with Crippen molar-refractivity contribution in [2.45, 2.75) is 19.4 Å². The van der Waals surface area contributed by atoms with Crippen molar-refractivity contribution in [2.75, 3.05) is 18.6 Å². The van der Waals surface area contributed by atoms with Crippen molar-refractivity contribution in [3.05, 3.63) is 35.4 Å². The molecule has 0 aliphatic heterocycles. The molecule has 4 heteroatoms. The Morgan fingerprint density at radius 3 is 2.50 bits per heavy atom. The molecule has 0 fully saturated rings. The van der Waals surface area contributed by atoms with E-state index in [0.29, 0.717) is 0 Å². The van der Waals surface area contributed by atoms with E-state index in [1.54, 1.807) is 18.7 Å². The molecule has 0 saturated heterocycles. The first kappa shape index (κ1) is 13.5. The molecule has 1 aromatic carbocycles. The highest BCUT2D eigenvalue weighted by Crippen LogP contribution is 2.19. The second-order valence-corrected chi connectivity index (χ2v) is 4.64. The van der Waals surface area contributed by atoms with Crippen LogP contribution in [0.15, 0.2) is 18.2 Å². The predicted octanol–water partition coefficient (Wildman–Crippen LogP) is 3.37. The van der Waals surface area contributed by atoms with Gasteiger partial charge in [0.2, 0.25) is 0 Å². The van der Waals surface area contributed by atoms with Gasteiger partial charge in [-0.3, -0.25) is 0 Å². The lowest BCUT2D eigenvalue weighted by Crippen LogP contribution is -2.22. The molecule has 90 valence electrons. The Labute approximate surface area is 99.6 Å². The Morgan fingerprint density at radius 1 is 1.31 bits per heavy atom. The molecule has 1 nitrogen and oxygen atoms in total. The van der Waals surface area contributed by atoms with E-state index in [2.05, 4.69) is 5.32 Å². The highest BCUT2D eigenvalue weighted by atomic mass is 32.2. The second kappa shape index (κ2) is 6.86. The van der Waals surface area contributed by atoms with Gasteiger partial charge in [0.1, 0.15) is 11.6 Å². The maximum Gasteiger partial charge on any atom is 0.130 e. The van der Waals surface area contributed by atoms with Crippen LogP contribution in [-0.4, -0.2) is 18.6 Å². The molecular formula is C12H17F2NS. The van der Waals surface area contributed by atoms with Crippen molar-refractivity contribution < 1.29 is 8.78 Å². The van der Waals surface area contributed by atoms with Gasteiger partial charge in [0, 0.05) is 11.6 Å². The quantitative estimate of drug-likeness (QED) is 0.771. The minimum Gasteiger partial charge on any atom is -0.310 e. The molecule has 1 rings (SSSR count). The van der Waals surface area contributed by atoms with Gasteiger partial charge in [0.15, 0.2) is 0 Å². The summed E-state index contributed by atoms with van der Waals surface area (Å²) >= 11 is 1.77. The second-order valence-electron chi connectivity index (χ2n) is 3.66. The molecule has 0 spiro atoms. The van der Waals surface area contributed by atoms with Crippen molar-refractivity contribution in [1.82, 2.24) is 5.32 Å². The average molecular weight is 245 g/mol. The van der Waals surface area contributed by atoms with Crippen LogP contribution < -0.4 is 5.32 Å². The van der Waals surface area contributed by atoms with Crippen molar-refractivity contribution >= 4 is 11.8 Å². The third-order valence-electron chi connectivity index (χ3n) is 2.41. The lowest BCUT2D eigenvalue weighted by atomic mass is 10.1. The molecular weight excluding hydrogens is 228 g/mol. The van der Waals surface area contributed by atoms with E-state index in [1.165, 1.54) is 18.2 Å². The summed E-state index contributed by atoms with van der Waals surface area (Å²) in [4.78, 5) is 0. The molecule has 0 radical (unpaired) electrons. The number of halogens is 2. The average Bonchev–Trinajstić information content (AvgIpc) is 2.24. The number of hydrogen-bond donors (Lipinski definition) is 1. The Hall–Kier alpha value is -0.610. The van der Waals surface area contributed by atoms with Crippen LogP contribution >= 0.6 is 11.8 Å². The number of rotatable bonds is 6. The van der Waals surface area contributed by atoms with Gasteiger partial charge < -0.3 is 5.32 Å². The number of benzene rings is 1. The molecule has 1 unspecified atom stereocenters. The van der Waals surface area contributed by atoms with Gasteiger partial charge in [-0.15, -0.1) is 0 Å². The van der Waals surface area contributed by atoms with Crippen molar-refractivity contribution in [2.24, 2.45) is 0 Å². The van der Waals surface area contributed by atoms with Crippen molar-refractivity contribution in [3.63, 3.8) is 0 Å². The summed E-state index contributed by atoms with van der Waals surface area (Å²) < 4.78 is 26.8. The third kappa shape index (κ3) is 3.76. The standard InChI is InChI=1S/C12H17F2NS/c1-9(15-7-4-8-16-2)12-10(13)5-3-6-11(12)14/h3,5-6,9,15H,4,7-8H2,1-2H3. The zero-order valence-corrected chi connectivity index (χ0v) is 10.4. The van der Waals surface area contributed by atoms with E-state index in [0.717, 1.165) is 18.7 Å². The highest BCUT2D eigenvalue weighted by molar-refractivity contribution is 7.98. The molecule has 0 bridgehead atoms. The third-order valence-corrected chi connectivity index (χ3v) is 3.11. The Balaban J connectivity index is 2.55. The molecule has 0 aromatic heterocycles. The molecule has 0 aliphatic carbocycles. The lowest BCUT2D eigenvalue weighted by Gasteiger charge is -2.15. The molecule has 0 amide bonds. The maximum atomic E-state index is 13.4. The summed E-state index contributed by atoms with van der Waals surface area (Å²) in [6, 6.07) is 3.68. The van der Waals surface area contributed by atoms with E-state index in [-0.39, 0.29) is 11.6 Å². The molecule has 1 N–H and O–H groups in total. The summed E-state index contributed by atoms with van der Waals surface area (Å²) in [5.41, 5.74) is 0.131. The zero-order valence-electron chi connectivity index (χ0n) is 9.59. The topological polar surface area (TPSA) is 12.0 Å². The maximum absolute atomic E-state index is 13.4. The van der Waals surface area contributed by atoms with Crippen LogP contribution in [0.25, 0.3) is 0 Å². The largest absolute Gasteiger partial charge is 0.310 e. The van der Waals surface area contributed by atoms with E-state index in [4.69, 9.17) is 0 Å². The summed E-state index contributed by atoms with van der Waals surface area (Å²) in [5.74, 6) is 0.0918. The van der Waals surface area contributed by atoms with Gasteiger partial charge in [0.05, 0.1) is 0 Å². The van der Waals surface area contributed by atoms with Gasteiger partial charge in [-0.05, 0) is 44.0 Å². The van der Waals surface area contributed by atoms with E-state index < -0.39 is 11.6 Å². The van der Waals surface area contributed by atoms with Crippen LogP contribution in [0.5, 0.6) is 0 Å². The van der Waals surface area contributed by atoms with E-state index in [9.17, 15) is 8.78 Å². The molecule has 0 heterocycles. The Morgan fingerprint density at radius 2 is 1.94 bits per heavy atom. The van der Waals surface area contributed by atoms with Gasteiger partial charge in [-0.2, -0.15) is 11.8 Å². The van der Waals surface area contributed by atoms with Gasteiger partial charge in [-0.1, -0.05) is 6.07 Å². The van der Waals surface area contributed by atoms with Crippen molar-refractivity contribution in [3.8, 4) is 0 Å². The molecule has 1 atom stereocenters. The number of nitrogens with one attached hydrogen (secondary N) is 1. The van der Waals surface area contributed by atoms with Crippen LogP contribution in [0.1, 0.15) is 24.9 Å². The van der Waals surface area contributed by atoms with Crippen LogP contribution in [0, 0.1) is 11.6 Å². The minimum atomic E-state index is -0.482. The molecule has 1 aromatic rings. The fourth-order valence-electron chi connectivity index (χ4n) is 1.56. The van der Waals surface area contributed by atoms with Gasteiger partial charge in [0.25, 0.3) is 0 Å². The van der Waals surface area contributed by atoms with E-state index >= 15 is 0 Å². The van der Waals surface area contributed by atoms with Gasteiger partial charge >= 0.3 is 0 Å². The monoisotopic (exact) mass is 245 g/mol. The van der Waals surface area contributed by atoms with Crippen LogP contribution in [0.2, 0.25) is 0 Å². The van der Waals surface area contributed by atoms with Crippen LogP contribution in [0.3, 0.4) is 0 Å². The summed E-state index contributed by atoms with van der Waals surface area (Å²) in [5, 5.41) is 3.12. The minimum absolute atomic E-state index is 0.131. The fourth-order valence-corrected chi connectivity index (χ4v) is 1.99. The molecule has 0 aliphatic rings. The summed E-state index contributed by atoms with van der Waals surface area (Å²) in [7, 11) is 0. The van der Waals surface area contributed by atoms with Gasteiger partial charge in [-0.25, -0.2) is 8.78 Å². The highest BCUT2D eigenvalue weighted by Gasteiger charge is 2.14. The Kier molecular flexibility index (Phi) is 5.77. The SMILES string of the molecule is CSCCCNC(C)c1c(F)cccc1F. The smallest absolute Gasteiger partial charge is 0.130 e. The van der Waals surface area contributed by atoms with Crippen molar-refractivity contribution in [1.29, 1.82) is 0 Å². The normalized spacial score (nSPS) is 12.8. The first-order valence-electron chi connectivity index (χ1n) is 5.33. The summed E-state index contributed by atoms with van der Waals surface area (Å²) in [6.07, 6.45) is 3.04. The molecule has 0 saturated carbocycles. The number of thioether (sulfide) groups is 1. The zero-order chi connectivity index (χ0) is 12.0. The molecule has 16 heavy (non-hydrogen) atoms. The lowest BCUT2D eigenvalue weighted by molar-refractivity contribution is 0.488. The Bertz CT molecular complexity index is 311. The van der Waals surface area contributed by atoms with Crippen LogP contribution in [0.4, 0.5) is 8.78 Å². The van der Waals surface area contributed by atoms with Crippen LogP contribution in [-0.2, 0) is 0 Å². The summed E-state index contributed by atoms with van der Waals surface area (Å²) in [6.45, 7) is 2.55. The van der Waals surface area contributed by atoms with E-state index in [1.807, 2.05) is 6.26 Å². The first-order chi connectivity index (χ1) is 7.66. The number of hydrogen-bond acceptors (Lipinski definition) is 2. The predicted molar refractivity (Wildman–Crippen MR) is 65.8 cm³/mol. The first-order valence-corrected chi connectivity index (χ1v) is 6.72. The fraction of sp³-hybridized carbons (Fsp3) is 0.500.